The van der Waals surface area contributed by atoms with Crippen LogP contribution in [0.4, 0.5) is 0 Å². The molecule has 0 bridgehead atoms. The highest BCUT2D eigenvalue weighted by molar-refractivity contribution is 5.27. The number of benzene rings is 1. The van der Waals surface area contributed by atoms with E-state index in [9.17, 15) is 0 Å². The van der Waals surface area contributed by atoms with Crippen molar-refractivity contribution in [1.29, 1.82) is 0 Å². The molecule has 2 rings (SSSR count). The van der Waals surface area contributed by atoms with Gasteiger partial charge >= 0.3 is 0 Å². The van der Waals surface area contributed by atoms with Gasteiger partial charge in [-0.25, -0.2) is 0 Å². The van der Waals surface area contributed by atoms with E-state index in [4.69, 9.17) is 9.47 Å². The summed E-state index contributed by atoms with van der Waals surface area (Å²) in [6.45, 7) is 5.29. The van der Waals surface area contributed by atoms with Crippen LogP contribution in [0.25, 0.3) is 0 Å². The highest BCUT2D eigenvalue weighted by Gasteiger charge is 2.19. The second kappa shape index (κ2) is 15.8. The second-order valence-electron chi connectivity index (χ2n) is 9.01. The van der Waals surface area contributed by atoms with Crippen LogP contribution in [0.2, 0.25) is 0 Å². The zero-order valence-electron chi connectivity index (χ0n) is 19.3. The van der Waals surface area contributed by atoms with E-state index < -0.39 is 0 Å². The van der Waals surface area contributed by atoms with Crippen molar-refractivity contribution in [1.82, 2.24) is 0 Å². The summed E-state index contributed by atoms with van der Waals surface area (Å²) in [5, 5.41) is 0. The smallest absolute Gasteiger partial charge is 0.199 e. The standard InChI is InChI=1S/C27H46O2/c1-3-5-6-7-8-11-16-25-19-21-26(22-20-25)29-27(14-4-2)28-23-13-10-9-12-15-24-17-18-24/h19-22,24,27H,3-18,23H2,1-2H3. The van der Waals surface area contributed by atoms with Gasteiger partial charge in [-0.1, -0.05) is 103 Å². The molecule has 0 heterocycles. The molecule has 1 saturated carbocycles. The maximum absolute atomic E-state index is 6.13. The van der Waals surface area contributed by atoms with Crippen LogP contribution < -0.4 is 4.74 Å². The number of rotatable bonds is 19. The van der Waals surface area contributed by atoms with E-state index in [0.29, 0.717) is 0 Å². The lowest BCUT2D eigenvalue weighted by Crippen LogP contribution is -2.21. The Morgan fingerprint density at radius 3 is 2.21 bits per heavy atom. The summed E-state index contributed by atoms with van der Waals surface area (Å²) < 4.78 is 12.2. The Labute approximate surface area is 180 Å². The van der Waals surface area contributed by atoms with Crippen molar-refractivity contribution < 1.29 is 9.47 Å². The summed E-state index contributed by atoms with van der Waals surface area (Å²) in [7, 11) is 0. The molecule has 1 aromatic carbocycles. The summed E-state index contributed by atoms with van der Waals surface area (Å²) >= 11 is 0. The molecule has 0 saturated heterocycles. The van der Waals surface area contributed by atoms with E-state index in [1.165, 1.54) is 89.0 Å². The van der Waals surface area contributed by atoms with Gasteiger partial charge in [0.25, 0.3) is 0 Å². The fourth-order valence-corrected chi connectivity index (χ4v) is 3.92. The lowest BCUT2D eigenvalue weighted by molar-refractivity contribution is -0.0856. The third-order valence-corrected chi connectivity index (χ3v) is 6.04. The summed E-state index contributed by atoms with van der Waals surface area (Å²) in [4.78, 5) is 0. The summed E-state index contributed by atoms with van der Waals surface area (Å²) in [5.74, 6) is 2.02. The van der Waals surface area contributed by atoms with E-state index in [0.717, 1.165) is 37.5 Å². The van der Waals surface area contributed by atoms with Gasteiger partial charge in [-0.15, -0.1) is 0 Å². The summed E-state index contributed by atoms with van der Waals surface area (Å²) in [6, 6.07) is 8.70. The molecule has 0 N–H and O–H groups in total. The van der Waals surface area contributed by atoms with Crippen LogP contribution >= 0.6 is 0 Å². The Balaban J connectivity index is 1.57. The third-order valence-electron chi connectivity index (χ3n) is 6.04. The van der Waals surface area contributed by atoms with Crippen LogP contribution in [0.3, 0.4) is 0 Å². The molecule has 1 atom stereocenters. The molecular weight excluding hydrogens is 356 g/mol. The Kier molecular flexibility index (Phi) is 13.2. The lowest BCUT2D eigenvalue weighted by Gasteiger charge is -2.19. The molecule has 2 nitrogen and oxygen atoms in total. The molecule has 0 aromatic heterocycles. The number of unbranched alkanes of at least 4 members (excludes halogenated alkanes) is 8. The van der Waals surface area contributed by atoms with Crippen molar-refractivity contribution in [2.75, 3.05) is 6.61 Å². The van der Waals surface area contributed by atoms with Crippen molar-refractivity contribution in [3.05, 3.63) is 29.8 Å². The maximum Gasteiger partial charge on any atom is 0.199 e. The van der Waals surface area contributed by atoms with E-state index in [2.05, 4.69) is 38.1 Å². The summed E-state index contributed by atoms with van der Waals surface area (Å²) in [6.07, 6.45) is 20.9. The van der Waals surface area contributed by atoms with Gasteiger partial charge in [0.2, 0.25) is 0 Å². The zero-order chi connectivity index (χ0) is 20.6. The third kappa shape index (κ3) is 12.3. The van der Waals surface area contributed by atoms with Crippen LogP contribution in [0.5, 0.6) is 5.75 Å². The Morgan fingerprint density at radius 2 is 1.48 bits per heavy atom. The second-order valence-corrected chi connectivity index (χ2v) is 9.01. The average Bonchev–Trinajstić information content (AvgIpc) is 3.55. The first-order valence-corrected chi connectivity index (χ1v) is 12.7. The molecule has 1 aliphatic rings. The van der Waals surface area contributed by atoms with Crippen LogP contribution in [0.15, 0.2) is 24.3 Å². The first kappa shape index (κ1) is 24.3. The van der Waals surface area contributed by atoms with Crippen molar-refractivity contribution in [3.8, 4) is 5.75 Å². The number of aryl methyl sites for hydroxylation is 1. The minimum absolute atomic E-state index is 0.101. The Bertz CT molecular complexity index is 492. The first-order valence-electron chi connectivity index (χ1n) is 12.7. The molecule has 29 heavy (non-hydrogen) atoms. The van der Waals surface area contributed by atoms with Crippen LogP contribution in [-0.4, -0.2) is 12.9 Å². The highest BCUT2D eigenvalue weighted by Crippen LogP contribution is 2.34. The zero-order valence-corrected chi connectivity index (χ0v) is 19.3. The molecule has 0 radical (unpaired) electrons. The van der Waals surface area contributed by atoms with Crippen molar-refractivity contribution in [3.63, 3.8) is 0 Å². The quantitative estimate of drug-likeness (QED) is 0.171. The molecule has 1 aromatic rings. The fourth-order valence-electron chi connectivity index (χ4n) is 3.92. The number of hydrogen-bond donors (Lipinski definition) is 0. The molecule has 1 aliphatic carbocycles. The fraction of sp³-hybridized carbons (Fsp3) is 0.778. The molecule has 0 aliphatic heterocycles. The van der Waals surface area contributed by atoms with E-state index in [-0.39, 0.29) is 6.29 Å². The lowest BCUT2D eigenvalue weighted by atomic mass is 10.0. The van der Waals surface area contributed by atoms with E-state index in [1.54, 1.807) is 0 Å². The first-order chi connectivity index (χ1) is 14.3. The molecule has 0 spiro atoms. The normalized spacial score (nSPS) is 14.8. The van der Waals surface area contributed by atoms with Gasteiger partial charge in [0.15, 0.2) is 6.29 Å². The number of ether oxygens (including phenoxy) is 2. The van der Waals surface area contributed by atoms with E-state index in [1.807, 2.05) is 0 Å². The van der Waals surface area contributed by atoms with Crippen molar-refractivity contribution in [2.45, 2.75) is 123 Å². The van der Waals surface area contributed by atoms with Gasteiger partial charge in [0.1, 0.15) is 5.75 Å². The van der Waals surface area contributed by atoms with Crippen LogP contribution in [-0.2, 0) is 11.2 Å². The van der Waals surface area contributed by atoms with Gasteiger partial charge < -0.3 is 9.47 Å². The predicted molar refractivity (Wildman–Crippen MR) is 125 cm³/mol. The van der Waals surface area contributed by atoms with E-state index >= 15 is 0 Å². The molecule has 2 heteroatoms. The van der Waals surface area contributed by atoms with Gasteiger partial charge in [-0.3, -0.25) is 0 Å². The SMILES string of the molecule is CCCCCCCCc1ccc(OC(CCC)OCCCCCCC2CC2)cc1. The minimum Gasteiger partial charge on any atom is -0.465 e. The van der Waals surface area contributed by atoms with Crippen LogP contribution in [0.1, 0.15) is 116 Å². The van der Waals surface area contributed by atoms with Crippen molar-refractivity contribution >= 4 is 0 Å². The summed E-state index contributed by atoms with van der Waals surface area (Å²) in [5.41, 5.74) is 1.42. The highest BCUT2D eigenvalue weighted by atomic mass is 16.7. The van der Waals surface area contributed by atoms with Gasteiger partial charge in [-0.05, 0) is 42.9 Å². The van der Waals surface area contributed by atoms with Crippen LogP contribution in [0, 0.1) is 5.92 Å². The molecule has 1 fully saturated rings. The van der Waals surface area contributed by atoms with Gasteiger partial charge in [-0.2, -0.15) is 0 Å². The topological polar surface area (TPSA) is 18.5 Å². The molecule has 166 valence electrons. The van der Waals surface area contributed by atoms with Gasteiger partial charge in [0, 0.05) is 6.42 Å². The Hall–Kier alpha value is -1.02. The Morgan fingerprint density at radius 1 is 0.793 bits per heavy atom. The van der Waals surface area contributed by atoms with Crippen molar-refractivity contribution in [2.24, 2.45) is 5.92 Å². The average molecular weight is 403 g/mol. The molecule has 1 unspecified atom stereocenters. The predicted octanol–water partition coefficient (Wildman–Crippen LogP) is 8.47. The monoisotopic (exact) mass is 402 g/mol. The minimum atomic E-state index is -0.101. The molecular formula is C27H46O2. The molecule has 0 amide bonds. The maximum atomic E-state index is 6.13. The largest absolute Gasteiger partial charge is 0.465 e. The number of hydrogen-bond acceptors (Lipinski definition) is 2. The van der Waals surface area contributed by atoms with Gasteiger partial charge in [0.05, 0.1) is 6.61 Å².